The molecule has 1 aliphatic heterocycles. The molecule has 5 nitrogen and oxygen atoms in total. The van der Waals surface area contributed by atoms with Crippen molar-refractivity contribution >= 4 is 40.5 Å². The summed E-state index contributed by atoms with van der Waals surface area (Å²) in [6, 6.07) is 13.3. The third-order valence-corrected chi connectivity index (χ3v) is 4.83. The zero-order chi connectivity index (χ0) is 16.9. The number of hydrogen-bond donors (Lipinski definition) is 1. The van der Waals surface area contributed by atoms with Crippen LogP contribution in [0.5, 0.6) is 0 Å². The zero-order valence-electron chi connectivity index (χ0n) is 12.9. The fourth-order valence-corrected chi connectivity index (χ4v) is 3.39. The maximum Gasteiger partial charge on any atom is 0.267 e. The molecule has 2 heterocycles. The van der Waals surface area contributed by atoms with Gasteiger partial charge in [-0.05, 0) is 17.7 Å². The number of hydrogen-bond acceptors (Lipinski definition) is 4. The van der Waals surface area contributed by atoms with Crippen LogP contribution in [0, 0.1) is 0 Å². The van der Waals surface area contributed by atoms with E-state index in [1.54, 1.807) is 6.07 Å². The van der Waals surface area contributed by atoms with Crippen molar-refractivity contribution in [3.05, 3.63) is 57.2 Å². The van der Waals surface area contributed by atoms with Crippen LogP contribution in [0.15, 0.2) is 47.6 Å². The maximum absolute atomic E-state index is 12.3. The summed E-state index contributed by atoms with van der Waals surface area (Å²) in [4.78, 5) is 25.3. The normalized spacial score (nSPS) is 14.5. The molecule has 0 aliphatic carbocycles. The maximum atomic E-state index is 12.3. The quantitative estimate of drug-likeness (QED) is 0.888. The van der Waals surface area contributed by atoms with Gasteiger partial charge in [-0.1, -0.05) is 41.9 Å². The van der Waals surface area contributed by atoms with Crippen molar-refractivity contribution in [1.29, 1.82) is 0 Å². The first-order valence-corrected chi connectivity index (χ1v) is 8.75. The van der Waals surface area contributed by atoms with Gasteiger partial charge in [0.25, 0.3) is 5.91 Å². The van der Waals surface area contributed by atoms with Gasteiger partial charge in [0.15, 0.2) is 0 Å². The van der Waals surface area contributed by atoms with Gasteiger partial charge in [0, 0.05) is 17.7 Å². The lowest BCUT2D eigenvalue weighted by molar-refractivity contribution is -0.132. The summed E-state index contributed by atoms with van der Waals surface area (Å²) in [5, 5.41) is 8.44. The van der Waals surface area contributed by atoms with E-state index >= 15 is 0 Å². The van der Waals surface area contributed by atoms with Crippen molar-refractivity contribution in [2.45, 2.75) is 25.9 Å². The molecule has 0 bridgehead atoms. The second-order valence-corrected chi connectivity index (χ2v) is 7.17. The van der Waals surface area contributed by atoms with Gasteiger partial charge in [0.1, 0.15) is 5.71 Å². The van der Waals surface area contributed by atoms with Gasteiger partial charge in [-0.25, -0.2) is 5.01 Å². The fourth-order valence-electron chi connectivity index (χ4n) is 2.36. The lowest BCUT2D eigenvalue weighted by Gasteiger charge is -2.23. The van der Waals surface area contributed by atoms with Crippen molar-refractivity contribution in [2.75, 3.05) is 0 Å². The molecule has 7 heteroatoms. The highest BCUT2D eigenvalue weighted by atomic mass is 35.5. The number of carbonyl (C=O) groups excluding carboxylic acids is 2. The van der Waals surface area contributed by atoms with Crippen molar-refractivity contribution in [2.24, 2.45) is 5.10 Å². The molecule has 2 aromatic rings. The average molecular weight is 362 g/mol. The molecule has 0 fully saturated rings. The van der Waals surface area contributed by atoms with Gasteiger partial charge < -0.3 is 5.32 Å². The van der Waals surface area contributed by atoms with E-state index in [4.69, 9.17) is 11.6 Å². The third-order valence-electron chi connectivity index (χ3n) is 3.59. The molecule has 0 atom stereocenters. The lowest BCUT2D eigenvalue weighted by Crippen LogP contribution is -2.38. The summed E-state index contributed by atoms with van der Waals surface area (Å²) >= 11 is 7.30. The van der Waals surface area contributed by atoms with Crippen LogP contribution < -0.4 is 5.32 Å². The molecule has 1 aromatic carbocycles. The number of nitrogens with zero attached hydrogens (tertiary/aromatic N) is 2. The monoisotopic (exact) mass is 361 g/mol. The van der Waals surface area contributed by atoms with Crippen molar-refractivity contribution < 1.29 is 9.59 Å². The predicted octanol–water partition coefficient (Wildman–Crippen LogP) is 3.20. The highest BCUT2D eigenvalue weighted by Crippen LogP contribution is 2.21. The van der Waals surface area contributed by atoms with Crippen LogP contribution >= 0.6 is 22.9 Å². The first-order chi connectivity index (χ1) is 11.6. The van der Waals surface area contributed by atoms with Crippen LogP contribution in [0.3, 0.4) is 0 Å². The smallest absolute Gasteiger partial charge is 0.267 e. The Hall–Kier alpha value is -2.18. The van der Waals surface area contributed by atoms with E-state index in [2.05, 4.69) is 10.4 Å². The second-order valence-electron chi connectivity index (χ2n) is 5.37. The molecule has 0 unspecified atom stereocenters. The number of nitrogens with one attached hydrogen (secondary N) is 1. The van der Waals surface area contributed by atoms with E-state index in [0.29, 0.717) is 36.0 Å². The summed E-state index contributed by atoms with van der Waals surface area (Å²) in [6.45, 7) is 0.777. The molecular formula is C17H16ClN3O2S. The number of halogens is 1. The van der Waals surface area contributed by atoms with Crippen LogP contribution in [-0.2, 0) is 22.7 Å². The van der Waals surface area contributed by atoms with Crippen LogP contribution in [0.1, 0.15) is 23.3 Å². The predicted molar refractivity (Wildman–Crippen MR) is 94.8 cm³/mol. The fraction of sp³-hybridized carbons (Fsp3) is 0.235. The Bertz CT molecular complexity index is 773. The molecule has 1 aromatic heterocycles. The number of carbonyl (C=O) groups is 2. The molecule has 24 heavy (non-hydrogen) atoms. The van der Waals surface area contributed by atoms with Crippen molar-refractivity contribution in [3.63, 3.8) is 0 Å². The highest BCUT2D eigenvalue weighted by molar-refractivity contribution is 7.16. The number of benzene rings is 1. The molecule has 0 saturated heterocycles. The second kappa shape index (κ2) is 7.59. The zero-order valence-corrected chi connectivity index (χ0v) is 14.4. The van der Waals surface area contributed by atoms with Crippen LogP contribution in [-0.4, -0.2) is 22.5 Å². The summed E-state index contributed by atoms with van der Waals surface area (Å²) < 4.78 is 0.689. The van der Waals surface area contributed by atoms with Gasteiger partial charge in [-0.3, -0.25) is 9.59 Å². The number of thiophene rings is 1. The lowest BCUT2D eigenvalue weighted by atomic mass is 10.1. The topological polar surface area (TPSA) is 61.8 Å². The van der Waals surface area contributed by atoms with Crippen LogP contribution in [0.4, 0.5) is 0 Å². The van der Waals surface area contributed by atoms with Gasteiger partial charge in [0.05, 0.1) is 17.4 Å². The van der Waals surface area contributed by atoms with Gasteiger partial charge in [-0.2, -0.15) is 5.10 Å². The first-order valence-electron chi connectivity index (χ1n) is 7.56. The Balaban J connectivity index is 1.64. The minimum Gasteiger partial charge on any atom is -0.346 e. The minimum atomic E-state index is -0.245. The largest absolute Gasteiger partial charge is 0.346 e. The van der Waals surface area contributed by atoms with Crippen LogP contribution in [0.2, 0.25) is 4.34 Å². The summed E-state index contributed by atoms with van der Waals surface area (Å²) in [5.41, 5.74) is 1.36. The standard InChI is InChI=1S/C17H16ClN3O2S/c18-15-8-6-13(24-15)10-19-17(23)14-7-9-16(22)21(20-14)11-12-4-2-1-3-5-12/h1-6,8H,7,9-11H2,(H,19,23). The number of hydrazone groups is 1. The van der Waals surface area contributed by atoms with E-state index in [-0.39, 0.29) is 11.8 Å². The van der Waals surface area contributed by atoms with E-state index in [1.165, 1.54) is 16.3 Å². The molecule has 1 N–H and O–H groups in total. The van der Waals surface area contributed by atoms with E-state index < -0.39 is 0 Å². The summed E-state index contributed by atoms with van der Waals surface area (Å²) in [5.74, 6) is -0.314. The molecular weight excluding hydrogens is 346 g/mol. The van der Waals surface area contributed by atoms with Gasteiger partial charge in [-0.15, -0.1) is 11.3 Å². The molecule has 124 valence electrons. The Kier molecular flexibility index (Phi) is 5.27. The number of amides is 2. The number of rotatable bonds is 5. The van der Waals surface area contributed by atoms with Crippen molar-refractivity contribution in [3.8, 4) is 0 Å². The van der Waals surface area contributed by atoms with E-state index in [9.17, 15) is 9.59 Å². The summed E-state index contributed by atoms with van der Waals surface area (Å²) in [6.07, 6.45) is 0.658. The molecule has 1 aliphatic rings. The van der Waals surface area contributed by atoms with Crippen molar-refractivity contribution in [1.82, 2.24) is 10.3 Å². The Morgan fingerprint density at radius 2 is 2.00 bits per heavy atom. The Labute approximate surface area is 148 Å². The average Bonchev–Trinajstić information content (AvgIpc) is 3.01. The molecule has 2 amide bonds. The SMILES string of the molecule is O=C(NCc1ccc(Cl)s1)C1=NN(Cc2ccccc2)C(=O)CC1. The van der Waals surface area contributed by atoms with Gasteiger partial charge in [0.2, 0.25) is 5.91 Å². The van der Waals surface area contributed by atoms with Gasteiger partial charge >= 0.3 is 0 Å². The molecule has 0 saturated carbocycles. The van der Waals surface area contributed by atoms with E-state index in [0.717, 1.165) is 10.4 Å². The van der Waals surface area contributed by atoms with E-state index in [1.807, 2.05) is 36.4 Å². The van der Waals surface area contributed by atoms with Crippen LogP contribution in [0.25, 0.3) is 0 Å². The molecule has 0 radical (unpaired) electrons. The molecule has 3 rings (SSSR count). The summed E-state index contributed by atoms with van der Waals surface area (Å²) in [7, 11) is 0. The Morgan fingerprint density at radius 1 is 1.21 bits per heavy atom. The molecule has 0 spiro atoms. The Morgan fingerprint density at radius 3 is 2.71 bits per heavy atom. The third kappa shape index (κ3) is 4.21. The first kappa shape index (κ1) is 16.7. The minimum absolute atomic E-state index is 0.0690. The highest BCUT2D eigenvalue weighted by Gasteiger charge is 2.24.